The van der Waals surface area contributed by atoms with Gasteiger partial charge in [-0.3, -0.25) is 4.79 Å². The summed E-state index contributed by atoms with van der Waals surface area (Å²) in [7, 11) is -3.66. The summed E-state index contributed by atoms with van der Waals surface area (Å²) in [6.07, 6.45) is 2.83. The van der Waals surface area contributed by atoms with Crippen molar-refractivity contribution < 1.29 is 13.2 Å². The molecule has 1 aliphatic rings. The molecule has 2 rings (SSSR count). The number of nitrogens with two attached hydrogens (primary N) is 1. The second-order valence-electron chi connectivity index (χ2n) is 7.30. The lowest BCUT2D eigenvalue weighted by molar-refractivity contribution is -0.123. The van der Waals surface area contributed by atoms with Gasteiger partial charge in [-0.1, -0.05) is 37.6 Å². The molecule has 3 N–H and O–H groups in total. The number of carbonyl (C=O) groups is 1. The van der Waals surface area contributed by atoms with Crippen molar-refractivity contribution >= 4 is 15.9 Å². The van der Waals surface area contributed by atoms with Gasteiger partial charge in [0.05, 0.1) is 10.8 Å². The minimum absolute atomic E-state index is 0.0124. The zero-order valence-corrected chi connectivity index (χ0v) is 15.5. The van der Waals surface area contributed by atoms with E-state index in [2.05, 4.69) is 39.1 Å². The van der Waals surface area contributed by atoms with E-state index < -0.39 is 10.0 Å². The Morgan fingerprint density at radius 1 is 1.25 bits per heavy atom. The van der Waals surface area contributed by atoms with Gasteiger partial charge in [-0.05, 0) is 49.3 Å². The number of carbonyl (C=O) groups excluding carboxylic acids is 1. The van der Waals surface area contributed by atoms with Crippen molar-refractivity contribution in [2.75, 3.05) is 6.54 Å². The Bertz CT molecular complexity index is 745. The highest BCUT2D eigenvalue weighted by atomic mass is 32.2. The van der Waals surface area contributed by atoms with Gasteiger partial charge in [-0.2, -0.15) is 0 Å². The molecule has 0 aliphatic heterocycles. The largest absolute Gasteiger partial charge is 0.355 e. The van der Waals surface area contributed by atoms with E-state index in [-0.39, 0.29) is 22.1 Å². The van der Waals surface area contributed by atoms with E-state index in [0.717, 1.165) is 5.56 Å². The number of benzene rings is 1. The highest BCUT2D eigenvalue weighted by Crippen LogP contribution is 2.59. The van der Waals surface area contributed by atoms with Crippen molar-refractivity contribution in [1.82, 2.24) is 5.32 Å². The maximum absolute atomic E-state index is 12.4. The predicted molar refractivity (Wildman–Crippen MR) is 94.7 cm³/mol. The smallest absolute Gasteiger partial charge is 0.238 e. The van der Waals surface area contributed by atoms with Gasteiger partial charge in [0.2, 0.25) is 15.9 Å². The Labute approximate surface area is 144 Å². The minimum atomic E-state index is -3.66. The van der Waals surface area contributed by atoms with Crippen LogP contribution in [0.3, 0.4) is 0 Å². The average Bonchev–Trinajstić information content (AvgIpc) is 2.98. The van der Waals surface area contributed by atoms with Gasteiger partial charge < -0.3 is 5.32 Å². The SMILES string of the molecule is CC(C)=C[C@H]1[C@@H](C(=O)NCCc2ccc(S(N)(=O)=O)cc2)C1(C)C. The normalized spacial score (nSPS) is 21.9. The number of amides is 1. The third-order valence-corrected chi connectivity index (χ3v) is 5.60. The van der Waals surface area contributed by atoms with Crippen molar-refractivity contribution in [3.05, 3.63) is 41.5 Å². The molecule has 0 aromatic heterocycles. The summed E-state index contributed by atoms with van der Waals surface area (Å²) in [6, 6.07) is 6.42. The van der Waals surface area contributed by atoms with Crippen LogP contribution in [0.4, 0.5) is 0 Å². The molecule has 132 valence electrons. The molecular formula is C18H26N2O3S. The standard InChI is InChI=1S/C18H26N2O3S/c1-12(2)11-15-16(18(15,3)4)17(21)20-10-9-13-5-7-14(8-6-13)24(19,22)23/h5-8,11,15-16H,9-10H2,1-4H3,(H,20,21)(H2,19,22,23)/t15-,16-/m0/s1. The second-order valence-corrected chi connectivity index (χ2v) is 8.86. The molecule has 1 aromatic rings. The summed E-state index contributed by atoms with van der Waals surface area (Å²) < 4.78 is 22.4. The molecule has 0 radical (unpaired) electrons. The van der Waals surface area contributed by atoms with Crippen molar-refractivity contribution in [2.45, 2.75) is 39.0 Å². The van der Waals surface area contributed by atoms with Crippen LogP contribution in [0.2, 0.25) is 0 Å². The van der Waals surface area contributed by atoms with Crippen LogP contribution in [0.5, 0.6) is 0 Å². The molecule has 1 saturated carbocycles. The van der Waals surface area contributed by atoms with Crippen LogP contribution in [-0.4, -0.2) is 20.9 Å². The highest BCUT2D eigenvalue weighted by Gasteiger charge is 2.60. The van der Waals surface area contributed by atoms with Crippen LogP contribution in [0.1, 0.15) is 33.3 Å². The first-order valence-electron chi connectivity index (χ1n) is 8.08. The number of sulfonamides is 1. The molecule has 1 amide bonds. The fourth-order valence-corrected chi connectivity index (χ4v) is 3.65. The predicted octanol–water partition coefficient (Wildman–Crippen LogP) is 2.23. The Morgan fingerprint density at radius 3 is 2.33 bits per heavy atom. The number of allylic oxidation sites excluding steroid dienone is 2. The molecule has 1 fully saturated rings. The zero-order valence-electron chi connectivity index (χ0n) is 14.7. The van der Waals surface area contributed by atoms with Gasteiger partial charge in [-0.25, -0.2) is 13.6 Å². The van der Waals surface area contributed by atoms with Gasteiger partial charge in [0.25, 0.3) is 0 Å². The van der Waals surface area contributed by atoms with E-state index >= 15 is 0 Å². The molecular weight excluding hydrogens is 324 g/mol. The highest BCUT2D eigenvalue weighted by molar-refractivity contribution is 7.89. The summed E-state index contributed by atoms with van der Waals surface area (Å²) in [5.41, 5.74) is 2.20. The summed E-state index contributed by atoms with van der Waals surface area (Å²) >= 11 is 0. The molecule has 0 saturated heterocycles. The Morgan fingerprint density at radius 2 is 1.83 bits per heavy atom. The molecule has 0 bridgehead atoms. The van der Waals surface area contributed by atoms with Gasteiger partial charge in [-0.15, -0.1) is 0 Å². The molecule has 2 atom stereocenters. The molecule has 1 aromatic carbocycles. The fourth-order valence-electron chi connectivity index (χ4n) is 3.13. The van der Waals surface area contributed by atoms with Crippen molar-refractivity contribution in [3.8, 4) is 0 Å². The Hall–Kier alpha value is -1.66. The van der Waals surface area contributed by atoms with Crippen molar-refractivity contribution in [3.63, 3.8) is 0 Å². The quantitative estimate of drug-likeness (QED) is 0.771. The van der Waals surface area contributed by atoms with Crippen LogP contribution < -0.4 is 10.5 Å². The minimum Gasteiger partial charge on any atom is -0.355 e. The molecule has 5 nitrogen and oxygen atoms in total. The van der Waals surface area contributed by atoms with Crippen LogP contribution in [-0.2, 0) is 21.2 Å². The molecule has 0 heterocycles. The summed E-state index contributed by atoms with van der Waals surface area (Å²) in [6.45, 7) is 8.87. The number of nitrogens with one attached hydrogen (secondary N) is 1. The Kier molecular flexibility index (Phi) is 5.20. The molecule has 0 unspecified atom stereocenters. The number of hydrogen-bond donors (Lipinski definition) is 2. The first-order valence-corrected chi connectivity index (χ1v) is 9.62. The maximum Gasteiger partial charge on any atom is 0.238 e. The first kappa shape index (κ1) is 18.7. The van der Waals surface area contributed by atoms with Gasteiger partial charge in [0.1, 0.15) is 0 Å². The first-order chi connectivity index (χ1) is 11.0. The number of rotatable bonds is 6. The zero-order chi connectivity index (χ0) is 18.1. The summed E-state index contributed by atoms with van der Waals surface area (Å²) in [4.78, 5) is 12.4. The van der Waals surface area contributed by atoms with E-state index in [1.807, 2.05) is 0 Å². The monoisotopic (exact) mass is 350 g/mol. The van der Waals surface area contributed by atoms with E-state index in [9.17, 15) is 13.2 Å². The topological polar surface area (TPSA) is 89.3 Å². The van der Waals surface area contributed by atoms with Crippen molar-refractivity contribution in [2.24, 2.45) is 22.4 Å². The van der Waals surface area contributed by atoms with Crippen LogP contribution >= 0.6 is 0 Å². The molecule has 0 spiro atoms. The van der Waals surface area contributed by atoms with Gasteiger partial charge >= 0.3 is 0 Å². The van der Waals surface area contributed by atoms with E-state index in [4.69, 9.17) is 5.14 Å². The Balaban J connectivity index is 1.87. The lowest BCUT2D eigenvalue weighted by Gasteiger charge is -2.07. The van der Waals surface area contributed by atoms with Crippen LogP contribution in [0.25, 0.3) is 0 Å². The lowest BCUT2D eigenvalue weighted by Crippen LogP contribution is -2.28. The van der Waals surface area contributed by atoms with Gasteiger partial charge in [0.15, 0.2) is 0 Å². The third-order valence-electron chi connectivity index (χ3n) is 4.67. The molecule has 24 heavy (non-hydrogen) atoms. The molecule has 6 heteroatoms. The molecule has 1 aliphatic carbocycles. The van der Waals surface area contributed by atoms with Gasteiger partial charge in [0, 0.05) is 6.54 Å². The van der Waals surface area contributed by atoms with E-state index in [1.54, 1.807) is 12.1 Å². The second kappa shape index (κ2) is 6.69. The van der Waals surface area contributed by atoms with E-state index in [1.165, 1.54) is 17.7 Å². The fraction of sp³-hybridized carbons (Fsp3) is 0.500. The third kappa shape index (κ3) is 4.24. The van der Waals surface area contributed by atoms with Crippen LogP contribution in [0.15, 0.2) is 40.8 Å². The van der Waals surface area contributed by atoms with Crippen molar-refractivity contribution in [1.29, 1.82) is 0 Å². The average molecular weight is 350 g/mol. The summed E-state index contributed by atoms with van der Waals surface area (Å²) in [5, 5.41) is 8.06. The maximum atomic E-state index is 12.4. The van der Waals surface area contributed by atoms with E-state index in [0.29, 0.717) is 18.9 Å². The lowest BCUT2D eigenvalue weighted by atomic mass is 10.1. The number of hydrogen-bond acceptors (Lipinski definition) is 3. The summed E-state index contributed by atoms with van der Waals surface area (Å²) in [5.74, 6) is 0.414. The number of primary sulfonamides is 1. The van der Waals surface area contributed by atoms with Crippen LogP contribution in [0, 0.1) is 17.3 Å².